The van der Waals surface area contributed by atoms with Crippen LogP contribution in [0.1, 0.15) is 50.8 Å². The number of nitrogens with zero attached hydrogens (tertiary/aromatic N) is 5. The molecule has 2 atom stereocenters. The fourth-order valence-corrected chi connectivity index (χ4v) is 4.82. The lowest BCUT2D eigenvalue weighted by Crippen LogP contribution is -2.52. The maximum atomic E-state index is 9.02. The lowest BCUT2D eigenvalue weighted by Gasteiger charge is -2.45. The average Bonchev–Trinajstić information content (AvgIpc) is 3.16. The first-order valence-electron chi connectivity index (χ1n) is 10.6. The highest BCUT2D eigenvalue weighted by Crippen LogP contribution is 2.30. The Balaban J connectivity index is 1.74. The highest BCUT2D eigenvalue weighted by molar-refractivity contribution is 7.15. The van der Waals surface area contributed by atoms with Gasteiger partial charge in [-0.1, -0.05) is 13.8 Å². The molecule has 162 valence electrons. The Morgan fingerprint density at radius 2 is 2.00 bits per heavy atom. The lowest BCUT2D eigenvalue weighted by atomic mass is 9.88. The number of nitriles is 1. The SMILES string of the molecule is CCC1CC(Nc2nc(Nc3ncc(C)s3)cc(OC)n2)CC(CC)N1CCC#N. The van der Waals surface area contributed by atoms with E-state index in [4.69, 9.17) is 10.00 Å². The molecule has 1 fully saturated rings. The van der Waals surface area contributed by atoms with Crippen molar-refractivity contribution in [3.8, 4) is 11.9 Å². The van der Waals surface area contributed by atoms with Crippen LogP contribution in [0.5, 0.6) is 5.88 Å². The van der Waals surface area contributed by atoms with Crippen molar-refractivity contribution in [1.29, 1.82) is 5.26 Å². The zero-order valence-electron chi connectivity index (χ0n) is 18.2. The summed E-state index contributed by atoms with van der Waals surface area (Å²) in [6, 6.07) is 5.25. The Kier molecular flexibility index (Phi) is 7.82. The van der Waals surface area contributed by atoms with Crippen molar-refractivity contribution < 1.29 is 4.74 Å². The Morgan fingerprint density at radius 1 is 1.27 bits per heavy atom. The third-order valence-electron chi connectivity index (χ3n) is 5.58. The van der Waals surface area contributed by atoms with Gasteiger partial charge in [0.1, 0.15) is 5.82 Å². The van der Waals surface area contributed by atoms with Crippen molar-refractivity contribution >= 4 is 28.2 Å². The van der Waals surface area contributed by atoms with Gasteiger partial charge in [0, 0.05) is 48.2 Å². The number of thiazole rings is 1. The van der Waals surface area contributed by atoms with E-state index >= 15 is 0 Å². The van der Waals surface area contributed by atoms with E-state index in [-0.39, 0.29) is 6.04 Å². The molecule has 2 aromatic heterocycles. The number of hydrogen-bond acceptors (Lipinski definition) is 9. The highest BCUT2D eigenvalue weighted by Gasteiger charge is 2.33. The van der Waals surface area contributed by atoms with Crippen molar-refractivity contribution in [2.75, 3.05) is 24.3 Å². The summed E-state index contributed by atoms with van der Waals surface area (Å²) in [5.74, 6) is 1.73. The molecule has 0 radical (unpaired) electrons. The van der Waals surface area contributed by atoms with Crippen molar-refractivity contribution in [2.24, 2.45) is 0 Å². The molecular formula is C21H31N7OS. The molecular weight excluding hydrogens is 398 g/mol. The van der Waals surface area contributed by atoms with E-state index in [0.717, 1.165) is 42.2 Å². The predicted octanol–water partition coefficient (Wildman–Crippen LogP) is 4.34. The molecule has 2 aromatic rings. The third-order valence-corrected chi connectivity index (χ3v) is 6.41. The second-order valence-electron chi connectivity index (χ2n) is 7.60. The fraction of sp³-hybridized carbons (Fsp3) is 0.619. The van der Waals surface area contributed by atoms with Crippen molar-refractivity contribution in [2.45, 2.75) is 71.0 Å². The molecule has 0 bridgehead atoms. The molecule has 1 aliphatic rings. The monoisotopic (exact) mass is 429 g/mol. The number of piperidine rings is 1. The van der Waals surface area contributed by atoms with Gasteiger partial charge < -0.3 is 15.4 Å². The first-order chi connectivity index (χ1) is 14.6. The van der Waals surface area contributed by atoms with Crippen LogP contribution in [-0.2, 0) is 0 Å². The quantitative estimate of drug-likeness (QED) is 0.607. The van der Waals surface area contributed by atoms with Crippen molar-refractivity contribution in [1.82, 2.24) is 19.9 Å². The van der Waals surface area contributed by atoms with Crippen molar-refractivity contribution in [3.63, 3.8) is 0 Å². The summed E-state index contributed by atoms with van der Waals surface area (Å²) in [5, 5.41) is 16.6. The molecule has 3 rings (SSSR count). The summed E-state index contributed by atoms with van der Waals surface area (Å²) in [7, 11) is 1.61. The Hall–Kier alpha value is -2.44. The van der Waals surface area contributed by atoms with Gasteiger partial charge in [-0.2, -0.15) is 15.2 Å². The van der Waals surface area contributed by atoms with Gasteiger partial charge in [0.2, 0.25) is 11.8 Å². The van der Waals surface area contributed by atoms with Crippen LogP contribution < -0.4 is 15.4 Å². The summed E-state index contributed by atoms with van der Waals surface area (Å²) in [4.78, 5) is 17.2. The molecule has 9 heteroatoms. The molecule has 2 unspecified atom stereocenters. The second kappa shape index (κ2) is 10.5. The summed E-state index contributed by atoms with van der Waals surface area (Å²) in [6.45, 7) is 7.31. The van der Waals surface area contributed by atoms with Gasteiger partial charge in [-0.25, -0.2) is 4.98 Å². The molecule has 8 nitrogen and oxygen atoms in total. The number of ether oxygens (including phenoxy) is 1. The smallest absolute Gasteiger partial charge is 0.228 e. The zero-order valence-corrected chi connectivity index (χ0v) is 19.0. The van der Waals surface area contributed by atoms with Gasteiger partial charge in [-0.3, -0.25) is 4.90 Å². The Labute approximate surface area is 182 Å². The fourth-order valence-electron chi connectivity index (χ4n) is 4.15. The van der Waals surface area contributed by atoms with Crippen LogP contribution in [0.2, 0.25) is 0 Å². The molecule has 2 N–H and O–H groups in total. The average molecular weight is 430 g/mol. The van der Waals surface area contributed by atoms with E-state index in [1.807, 2.05) is 13.1 Å². The van der Waals surface area contributed by atoms with Crippen LogP contribution in [0.4, 0.5) is 16.9 Å². The molecule has 0 aromatic carbocycles. The van der Waals surface area contributed by atoms with E-state index in [9.17, 15) is 0 Å². The molecule has 1 saturated heterocycles. The molecule has 30 heavy (non-hydrogen) atoms. The van der Waals surface area contributed by atoms with E-state index in [2.05, 4.69) is 50.4 Å². The summed E-state index contributed by atoms with van der Waals surface area (Å²) in [5.41, 5.74) is 0. The minimum Gasteiger partial charge on any atom is -0.481 e. The van der Waals surface area contributed by atoms with E-state index in [1.54, 1.807) is 24.5 Å². The van der Waals surface area contributed by atoms with E-state index in [1.165, 1.54) is 0 Å². The van der Waals surface area contributed by atoms with Crippen LogP contribution in [0.3, 0.4) is 0 Å². The molecule has 3 heterocycles. The second-order valence-corrected chi connectivity index (χ2v) is 8.84. The number of aryl methyl sites for hydroxylation is 1. The first kappa shape index (κ1) is 22.2. The minimum absolute atomic E-state index is 0.278. The molecule has 0 aliphatic carbocycles. The summed E-state index contributed by atoms with van der Waals surface area (Å²) >= 11 is 1.58. The van der Waals surface area contributed by atoms with Gasteiger partial charge >= 0.3 is 0 Å². The number of anilines is 3. The number of nitrogens with one attached hydrogen (secondary N) is 2. The van der Waals surface area contributed by atoms with Gasteiger partial charge in [0.15, 0.2) is 5.13 Å². The topological polar surface area (TPSA) is 99.0 Å². The summed E-state index contributed by atoms with van der Waals surface area (Å²) in [6.07, 6.45) is 6.56. The van der Waals surface area contributed by atoms with Crippen LogP contribution >= 0.6 is 11.3 Å². The maximum Gasteiger partial charge on any atom is 0.228 e. The number of likely N-dealkylation sites (tertiary alicyclic amines) is 1. The molecule has 0 spiro atoms. The largest absolute Gasteiger partial charge is 0.481 e. The van der Waals surface area contributed by atoms with Gasteiger partial charge in [-0.15, -0.1) is 11.3 Å². The van der Waals surface area contributed by atoms with E-state index in [0.29, 0.717) is 36.2 Å². The number of methoxy groups -OCH3 is 1. The molecule has 0 amide bonds. The lowest BCUT2D eigenvalue weighted by molar-refractivity contribution is 0.0734. The van der Waals surface area contributed by atoms with Crippen LogP contribution in [0.25, 0.3) is 0 Å². The Bertz CT molecular complexity index is 851. The van der Waals surface area contributed by atoms with Gasteiger partial charge in [-0.05, 0) is 32.6 Å². The van der Waals surface area contributed by atoms with E-state index < -0.39 is 0 Å². The zero-order chi connectivity index (χ0) is 21.5. The third kappa shape index (κ3) is 5.58. The van der Waals surface area contributed by atoms with Gasteiger partial charge in [0.05, 0.1) is 13.2 Å². The standard InChI is InChI=1S/C21H31N7OS/c1-5-16-10-15(11-17(6-2)28(16)9-7-8-22)24-20-25-18(12-19(27-20)29-4)26-21-23-13-14(3)30-21/h12-13,15-17H,5-7,9-11H2,1-4H3,(H2,23,24,25,26,27). The van der Waals surface area contributed by atoms with Crippen LogP contribution in [0, 0.1) is 18.3 Å². The Morgan fingerprint density at radius 3 is 2.57 bits per heavy atom. The minimum atomic E-state index is 0.278. The summed E-state index contributed by atoms with van der Waals surface area (Å²) < 4.78 is 5.39. The van der Waals surface area contributed by atoms with Crippen LogP contribution in [-0.4, -0.2) is 51.6 Å². The van der Waals surface area contributed by atoms with Gasteiger partial charge in [0.25, 0.3) is 0 Å². The molecule has 1 aliphatic heterocycles. The molecule has 0 saturated carbocycles. The normalized spacial score (nSPS) is 21.8. The first-order valence-corrected chi connectivity index (χ1v) is 11.4. The number of aromatic nitrogens is 3. The predicted molar refractivity (Wildman–Crippen MR) is 120 cm³/mol. The van der Waals surface area contributed by atoms with Crippen molar-refractivity contribution in [3.05, 3.63) is 17.1 Å². The number of rotatable bonds is 9. The number of hydrogen-bond donors (Lipinski definition) is 2. The maximum absolute atomic E-state index is 9.02. The van der Waals surface area contributed by atoms with Crippen LogP contribution in [0.15, 0.2) is 12.3 Å². The highest BCUT2D eigenvalue weighted by atomic mass is 32.1.